The average molecular weight is 426 g/mol. The normalized spacial score (nSPS) is 13.5. The summed E-state index contributed by atoms with van der Waals surface area (Å²) in [6.07, 6.45) is 2.70. The van der Waals surface area contributed by atoms with Gasteiger partial charge in [0.05, 0.1) is 12.2 Å². The molecule has 8 heteroatoms. The second kappa shape index (κ2) is 8.09. The molecule has 0 bridgehead atoms. The largest absolute Gasteiger partial charge is 0.477 e. The Kier molecular flexibility index (Phi) is 5.47. The topological polar surface area (TPSA) is 69.0 Å². The van der Waals surface area contributed by atoms with Crippen molar-refractivity contribution < 1.29 is 18.3 Å². The van der Waals surface area contributed by atoms with Gasteiger partial charge in [0.1, 0.15) is 23.1 Å². The number of aromatic nitrogens is 3. The molecule has 0 atom stereocenters. The van der Waals surface area contributed by atoms with Crippen molar-refractivity contribution in [1.29, 1.82) is 0 Å². The fraction of sp³-hybridized carbons (Fsp3) is 0.348. The maximum absolute atomic E-state index is 14.6. The summed E-state index contributed by atoms with van der Waals surface area (Å²) >= 11 is 0. The number of carbonyl (C=O) groups is 1. The van der Waals surface area contributed by atoms with Crippen LogP contribution >= 0.6 is 0 Å². The monoisotopic (exact) mass is 426 g/mol. The summed E-state index contributed by atoms with van der Waals surface area (Å²) in [5.41, 5.74) is 1.63. The van der Waals surface area contributed by atoms with Crippen LogP contribution in [0.5, 0.6) is 5.88 Å². The van der Waals surface area contributed by atoms with Crippen LogP contribution in [0.2, 0.25) is 0 Å². The Morgan fingerprint density at radius 1 is 1.23 bits per heavy atom. The molecule has 1 aliphatic heterocycles. The van der Waals surface area contributed by atoms with Crippen molar-refractivity contribution in [3.8, 4) is 28.3 Å². The van der Waals surface area contributed by atoms with Gasteiger partial charge in [-0.05, 0) is 35.2 Å². The number of aryl methyl sites for hydroxylation is 1. The molecule has 4 rings (SSSR count). The lowest BCUT2D eigenvalue weighted by Gasteiger charge is -2.17. The third-order valence-electron chi connectivity index (χ3n) is 4.85. The zero-order valence-electron chi connectivity index (χ0n) is 17.7. The van der Waals surface area contributed by atoms with E-state index in [9.17, 15) is 13.6 Å². The number of carbonyl (C=O) groups excluding carboxylic acids is 1. The molecule has 162 valence electrons. The summed E-state index contributed by atoms with van der Waals surface area (Å²) < 4.78 is 35.6. The minimum atomic E-state index is -0.704. The molecule has 0 saturated carbocycles. The van der Waals surface area contributed by atoms with Crippen LogP contribution in [0.3, 0.4) is 0 Å². The molecule has 0 spiro atoms. The summed E-state index contributed by atoms with van der Waals surface area (Å²) in [5, 5.41) is 7.37. The molecule has 3 aromatic rings. The number of fused-ring (bicyclic) bond motifs is 1. The van der Waals surface area contributed by atoms with Gasteiger partial charge in [-0.15, -0.1) is 0 Å². The highest BCUT2D eigenvalue weighted by Crippen LogP contribution is 2.41. The van der Waals surface area contributed by atoms with Crippen LogP contribution in [0.4, 0.5) is 14.6 Å². The number of nitrogens with zero attached hydrogens (tertiary/aromatic N) is 3. The number of amides is 1. The predicted octanol–water partition coefficient (Wildman–Crippen LogP) is 5.05. The zero-order valence-corrected chi connectivity index (χ0v) is 17.7. The van der Waals surface area contributed by atoms with Gasteiger partial charge in [0.25, 0.3) is 0 Å². The number of ether oxygens (including phenoxy) is 1. The highest BCUT2D eigenvalue weighted by molar-refractivity contribution is 5.92. The molecule has 0 fully saturated rings. The highest BCUT2D eigenvalue weighted by Gasteiger charge is 2.26. The van der Waals surface area contributed by atoms with Crippen LogP contribution in [0, 0.1) is 17.0 Å². The Balaban J connectivity index is 1.77. The van der Waals surface area contributed by atoms with Crippen molar-refractivity contribution >= 4 is 11.7 Å². The summed E-state index contributed by atoms with van der Waals surface area (Å²) in [4.78, 5) is 16.6. The number of nitrogens with one attached hydrogen (secondary N) is 1. The van der Waals surface area contributed by atoms with Crippen molar-refractivity contribution in [3.63, 3.8) is 0 Å². The lowest BCUT2D eigenvalue weighted by atomic mass is 9.92. The van der Waals surface area contributed by atoms with Gasteiger partial charge in [-0.25, -0.2) is 18.4 Å². The fourth-order valence-corrected chi connectivity index (χ4v) is 3.58. The van der Waals surface area contributed by atoms with Gasteiger partial charge in [0.2, 0.25) is 11.8 Å². The first-order valence-corrected chi connectivity index (χ1v) is 10.2. The van der Waals surface area contributed by atoms with Crippen molar-refractivity contribution in [1.82, 2.24) is 14.8 Å². The molecule has 1 N–H and O–H groups in total. The molecule has 1 aromatic carbocycles. The SMILES string of the molecule is CC(C)(C)CC(=O)Nc1cc(-c2c(-c3ccc(F)cc3F)nn3c2OCCC3)ccn1. The highest BCUT2D eigenvalue weighted by atomic mass is 19.1. The average Bonchev–Trinajstić information content (AvgIpc) is 3.05. The Morgan fingerprint density at radius 3 is 2.77 bits per heavy atom. The van der Waals surface area contributed by atoms with E-state index in [1.165, 1.54) is 12.1 Å². The van der Waals surface area contributed by atoms with Crippen molar-refractivity contribution in [2.24, 2.45) is 5.41 Å². The second-order valence-electron chi connectivity index (χ2n) is 8.79. The third-order valence-corrected chi connectivity index (χ3v) is 4.85. The summed E-state index contributed by atoms with van der Waals surface area (Å²) in [7, 11) is 0. The molecule has 1 amide bonds. The van der Waals surface area contributed by atoms with Gasteiger partial charge in [-0.3, -0.25) is 4.79 Å². The van der Waals surface area contributed by atoms with Crippen LogP contribution in [-0.2, 0) is 11.3 Å². The van der Waals surface area contributed by atoms with E-state index >= 15 is 0 Å². The van der Waals surface area contributed by atoms with E-state index in [4.69, 9.17) is 4.74 Å². The smallest absolute Gasteiger partial charge is 0.226 e. The van der Waals surface area contributed by atoms with E-state index in [-0.39, 0.29) is 16.9 Å². The molecule has 0 aliphatic carbocycles. The number of halogens is 2. The van der Waals surface area contributed by atoms with Gasteiger partial charge in [0.15, 0.2) is 0 Å². The Bertz CT molecular complexity index is 1140. The third kappa shape index (κ3) is 4.57. The molecule has 0 saturated heterocycles. The second-order valence-corrected chi connectivity index (χ2v) is 8.79. The molecular weight excluding hydrogens is 402 g/mol. The predicted molar refractivity (Wildman–Crippen MR) is 114 cm³/mol. The number of benzene rings is 1. The summed E-state index contributed by atoms with van der Waals surface area (Å²) in [6, 6.07) is 6.87. The van der Waals surface area contributed by atoms with E-state index in [0.717, 1.165) is 12.5 Å². The first-order chi connectivity index (χ1) is 14.7. The van der Waals surface area contributed by atoms with Gasteiger partial charge < -0.3 is 10.1 Å². The molecule has 6 nitrogen and oxygen atoms in total. The minimum absolute atomic E-state index is 0.143. The van der Waals surface area contributed by atoms with Gasteiger partial charge >= 0.3 is 0 Å². The number of pyridine rings is 1. The minimum Gasteiger partial charge on any atom is -0.477 e. The molecule has 31 heavy (non-hydrogen) atoms. The Labute approximate surface area is 179 Å². The fourth-order valence-electron chi connectivity index (χ4n) is 3.58. The van der Waals surface area contributed by atoms with Gasteiger partial charge in [-0.2, -0.15) is 5.10 Å². The van der Waals surface area contributed by atoms with E-state index in [0.29, 0.717) is 48.1 Å². The molecule has 2 aromatic heterocycles. The van der Waals surface area contributed by atoms with E-state index < -0.39 is 11.6 Å². The van der Waals surface area contributed by atoms with Gasteiger partial charge in [0, 0.05) is 37.2 Å². The molecule has 0 unspecified atom stereocenters. The zero-order chi connectivity index (χ0) is 22.2. The van der Waals surface area contributed by atoms with Crippen molar-refractivity contribution in [2.75, 3.05) is 11.9 Å². The molecular formula is C23H24F2N4O2. The lowest BCUT2D eigenvalue weighted by Crippen LogP contribution is -2.20. The number of rotatable bonds is 4. The Hall–Kier alpha value is -3.29. The Morgan fingerprint density at radius 2 is 2.03 bits per heavy atom. The maximum atomic E-state index is 14.6. The molecule has 1 aliphatic rings. The number of hydrogen-bond donors (Lipinski definition) is 1. The van der Waals surface area contributed by atoms with Crippen molar-refractivity contribution in [2.45, 2.75) is 40.2 Å². The molecule has 3 heterocycles. The first-order valence-electron chi connectivity index (χ1n) is 10.2. The number of hydrogen-bond acceptors (Lipinski definition) is 4. The molecule has 0 radical (unpaired) electrons. The van der Waals surface area contributed by atoms with E-state index in [1.807, 2.05) is 20.8 Å². The summed E-state index contributed by atoms with van der Waals surface area (Å²) in [5.74, 6) is -0.605. The first kappa shape index (κ1) is 21.0. The van der Waals surface area contributed by atoms with Gasteiger partial charge in [-0.1, -0.05) is 20.8 Å². The van der Waals surface area contributed by atoms with Crippen LogP contribution in [0.15, 0.2) is 36.5 Å². The van der Waals surface area contributed by atoms with E-state index in [1.54, 1.807) is 23.0 Å². The van der Waals surface area contributed by atoms with Crippen LogP contribution in [0.1, 0.15) is 33.6 Å². The standard InChI is InChI=1S/C23H24F2N4O2/c1-23(2,3)13-19(30)27-18-11-14(7-8-26-18)20-21(16-6-5-15(24)12-17(16)25)28-29-9-4-10-31-22(20)29/h5-8,11-12H,4,9-10,13H2,1-3H3,(H,26,27,30). The maximum Gasteiger partial charge on any atom is 0.226 e. The number of anilines is 1. The summed E-state index contributed by atoms with van der Waals surface area (Å²) in [6.45, 7) is 7.10. The van der Waals surface area contributed by atoms with Crippen LogP contribution in [-0.4, -0.2) is 27.3 Å². The van der Waals surface area contributed by atoms with Crippen LogP contribution < -0.4 is 10.1 Å². The van der Waals surface area contributed by atoms with Crippen molar-refractivity contribution in [3.05, 3.63) is 48.2 Å². The van der Waals surface area contributed by atoms with Crippen LogP contribution in [0.25, 0.3) is 22.4 Å². The quantitative estimate of drug-likeness (QED) is 0.634. The lowest BCUT2D eigenvalue weighted by molar-refractivity contribution is -0.117. The van der Waals surface area contributed by atoms with E-state index in [2.05, 4.69) is 15.4 Å².